The first-order chi connectivity index (χ1) is 22.0. The van der Waals surface area contributed by atoms with Gasteiger partial charge in [-0.25, -0.2) is 13.4 Å². The number of nitrogens with two attached hydrogens (primary N) is 1. The molecule has 2 fully saturated rings. The largest absolute Gasteiger partial charge is 0.497 e. The Kier molecular flexibility index (Phi) is 11.0. The van der Waals surface area contributed by atoms with Crippen LogP contribution in [0.5, 0.6) is 11.6 Å². The predicted molar refractivity (Wildman–Crippen MR) is 181 cm³/mol. The minimum Gasteiger partial charge on any atom is -0.497 e. The number of aromatic nitrogens is 2. The molecule has 0 amide bonds. The van der Waals surface area contributed by atoms with E-state index in [9.17, 15) is 8.42 Å². The molecule has 1 unspecified atom stereocenters. The Balaban J connectivity index is 1.13. The van der Waals surface area contributed by atoms with Crippen LogP contribution in [-0.4, -0.2) is 92.5 Å². The van der Waals surface area contributed by atoms with Crippen LogP contribution < -0.4 is 15.2 Å². The number of piperidine rings is 1. The summed E-state index contributed by atoms with van der Waals surface area (Å²) < 4.78 is 40.5. The molecule has 0 radical (unpaired) electrons. The Labute approximate surface area is 275 Å². The number of aryl methyl sites for hydroxylation is 2. The number of hydrogen-bond acceptors (Lipinski definition) is 9. The molecule has 0 bridgehead atoms. The first kappa shape index (κ1) is 34.3. The van der Waals surface area contributed by atoms with Gasteiger partial charge in [-0.15, -0.1) is 0 Å². The summed E-state index contributed by atoms with van der Waals surface area (Å²) >= 11 is 0. The molecule has 3 aromatic rings. The highest BCUT2D eigenvalue weighted by atomic mass is 32.2. The van der Waals surface area contributed by atoms with Gasteiger partial charge in [0.15, 0.2) is 0 Å². The van der Waals surface area contributed by atoms with Crippen LogP contribution in [0.1, 0.15) is 67.1 Å². The molecule has 2 aromatic carbocycles. The second kappa shape index (κ2) is 14.8. The molecular weight excluding hydrogens is 600 g/mol. The minimum absolute atomic E-state index is 0.0791. The molecule has 2 aliphatic heterocycles. The third-order valence-electron chi connectivity index (χ3n) is 9.80. The lowest BCUT2D eigenvalue weighted by Crippen LogP contribution is -2.50. The van der Waals surface area contributed by atoms with Crippen molar-refractivity contribution in [2.45, 2.75) is 74.9 Å². The number of likely N-dealkylation sites (tertiary alicyclic amines) is 1. The average Bonchev–Trinajstić information content (AvgIpc) is 3.54. The normalized spacial score (nSPS) is 19.8. The standard InChI is InChI=1S/C35H50N6O4S/c1-26-23-30(44-5)24-27(2)33(26)46(42,43)41-20-9-13-29(41)25-45-32-15-18-37-34(38-32)31(36)14-10-19-40-21-16-35(17-22-40,39(3)4)28-11-7-6-8-12-28/h6-8,11-12,15,18,23-24,29,31H,9-10,13-14,16-17,19-22,25,36H2,1-5H3/t29-,31?/m0/s1. The van der Waals surface area contributed by atoms with Crippen LogP contribution in [0.15, 0.2) is 59.6 Å². The quantitative estimate of drug-likeness (QED) is 0.282. The van der Waals surface area contributed by atoms with E-state index in [1.165, 1.54) is 5.56 Å². The smallest absolute Gasteiger partial charge is 0.243 e. The Morgan fingerprint density at radius 3 is 2.41 bits per heavy atom. The van der Waals surface area contributed by atoms with Crippen molar-refractivity contribution in [2.75, 3.05) is 54.0 Å². The summed E-state index contributed by atoms with van der Waals surface area (Å²) in [5.41, 5.74) is 9.37. The molecule has 3 heterocycles. The van der Waals surface area contributed by atoms with Gasteiger partial charge in [-0.2, -0.15) is 9.29 Å². The van der Waals surface area contributed by atoms with Crippen LogP contribution >= 0.6 is 0 Å². The number of nitrogens with zero attached hydrogens (tertiary/aromatic N) is 5. The molecule has 2 saturated heterocycles. The third-order valence-corrected chi connectivity index (χ3v) is 12.1. The second-order valence-electron chi connectivity index (χ2n) is 12.9. The highest BCUT2D eigenvalue weighted by Gasteiger charge is 2.39. The maximum Gasteiger partial charge on any atom is 0.243 e. The molecule has 0 aliphatic carbocycles. The maximum atomic E-state index is 13.8. The van der Waals surface area contributed by atoms with E-state index in [4.69, 9.17) is 15.2 Å². The molecule has 10 nitrogen and oxygen atoms in total. The van der Waals surface area contributed by atoms with E-state index in [1.807, 2.05) is 13.8 Å². The van der Waals surface area contributed by atoms with Crippen LogP contribution in [-0.2, 0) is 15.6 Å². The molecule has 0 saturated carbocycles. The number of ether oxygens (including phenoxy) is 2. The van der Waals surface area contributed by atoms with Crippen LogP contribution in [0.3, 0.4) is 0 Å². The van der Waals surface area contributed by atoms with Gasteiger partial charge in [-0.05, 0) is 102 Å². The van der Waals surface area contributed by atoms with Crippen molar-refractivity contribution in [3.63, 3.8) is 0 Å². The average molecular weight is 651 g/mol. The number of sulfonamides is 1. The van der Waals surface area contributed by atoms with Gasteiger partial charge in [0.1, 0.15) is 18.2 Å². The Morgan fingerprint density at radius 2 is 1.76 bits per heavy atom. The van der Waals surface area contributed by atoms with Gasteiger partial charge in [-0.3, -0.25) is 4.90 Å². The summed E-state index contributed by atoms with van der Waals surface area (Å²) in [5, 5.41) is 0. The number of hydrogen-bond donors (Lipinski definition) is 1. The molecule has 250 valence electrons. The molecule has 11 heteroatoms. The summed E-state index contributed by atoms with van der Waals surface area (Å²) in [6.07, 6.45) is 7.08. The van der Waals surface area contributed by atoms with Gasteiger partial charge >= 0.3 is 0 Å². The van der Waals surface area contributed by atoms with Crippen molar-refractivity contribution in [3.8, 4) is 11.6 Å². The molecule has 2 N–H and O–H groups in total. The van der Waals surface area contributed by atoms with Crippen LogP contribution in [0, 0.1) is 13.8 Å². The molecule has 5 rings (SSSR count). The summed E-state index contributed by atoms with van der Waals surface area (Å²) in [4.78, 5) is 14.3. The van der Waals surface area contributed by atoms with Gasteiger partial charge in [0.2, 0.25) is 15.9 Å². The van der Waals surface area contributed by atoms with Crippen molar-refractivity contribution < 1.29 is 17.9 Å². The second-order valence-corrected chi connectivity index (χ2v) is 14.8. The van der Waals surface area contributed by atoms with Crippen LogP contribution in [0.25, 0.3) is 0 Å². The van der Waals surface area contributed by atoms with Gasteiger partial charge in [0.05, 0.1) is 24.1 Å². The van der Waals surface area contributed by atoms with E-state index in [-0.39, 0.29) is 24.2 Å². The summed E-state index contributed by atoms with van der Waals surface area (Å²) in [5.74, 6) is 1.61. The Bertz CT molecular complexity index is 1540. The first-order valence-electron chi connectivity index (χ1n) is 16.4. The molecule has 1 aromatic heterocycles. The molecule has 46 heavy (non-hydrogen) atoms. The van der Waals surface area contributed by atoms with Crippen LogP contribution in [0.4, 0.5) is 0 Å². The highest BCUT2D eigenvalue weighted by molar-refractivity contribution is 7.89. The number of benzene rings is 2. The number of rotatable bonds is 13. The van der Waals surface area contributed by atoms with Crippen molar-refractivity contribution in [2.24, 2.45) is 5.73 Å². The number of methoxy groups -OCH3 is 1. The minimum atomic E-state index is -3.71. The van der Waals surface area contributed by atoms with E-state index in [2.05, 4.69) is 64.2 Å². The molecular formula is C35H50N6O4S. The lowest BCUT2D eigenvalue weighted by Gasteiger charge is -2.46. The van der Waals surface area contributed by atoms with Gasteiger partial charge in [-0.1, -0.05) is 30.3 Å². The van der Waals surface area contributed by atoms with E-state index < -0.39 is 10.0 Å². The van der Waals surface area contributed by atoms with Crippen molar-refractivity contribution >= 4 is 10.0 Å². The maximum absolute atomic E-state index is 13.8. The lowest BCUT2D eigenvalue weighted by atomic mass is 9.80. The van der Waals surface area contributed by atoms with Crippen molar-refractivity contribution in [3.05, 3.63) is 77.2 Å². The molecule has 2 atom stereocenters. The molecule has 2 aliphatic rings. The van der Waals surface area contributed by atoms with E-state index in [0.29, 0.717) is 40.0 Å². The Hall–Kier alpha value is -3.09. The zero-order valence-corrected chi connectivity index (χ0v) is 28.8. The zero-order valence-electron chi connectivity index (χ0n) is 28.0. The lowest BCUT2D eigenvalue weighted by molar-refractivity contribution is 0.0530. The fourth-order valence-electron chi connectivity index (χ4n) is 7.19. The van der Waals surface area contributed by atoms with Crippen molar-refractivity contribution in [1.82, 2.24) is 24.1 Å². The Morgan fingerprint density at radius 1 is 1.07 bits per heavy atom. The fourth-order valence-corrected chi connectivity index (χ4v) is 9.29. The van der Waals surface area contributed by atoms with E-state index in [1.54, 1.807) is 35.8 Å². The monoisotopic (exact) mass is 650 g/mol. The highest BCUT2D eigenvalue weighted by Crippen LogP contribution is 2.37. The topological polar surface area (TPSA) is 114 Å². The van der Waals surface area contributed by atoms with Gasteiger partial charge in [0.25, 0.3) is 0 Å². The summed E-state index contributed by atoms with van der Waals surface area (Å²) in [6, 6.07) is 15.5. The molecule has 0 spiro atoms. The van der Waals surface area contributed by atoms with E-state index >= 15 is 0 Å². The van der Waals surface area contributed by atoms with Gasteiger partial charge < -0.3 is 20.1 Å². The van der Waals surface area contributed by atoms with E-state index in [0.717, 1.165) is 58.2 Å². The van der Waals surface area contributed by atoms with Crippen LogP contribution in [0.2, 0.25) is 0 Å². The summed E-state index contributed by atoms with van der Waals surface area (Å²) in [7, 11) is 2.26. The third kappa shape index (κ3) is 7.39. The van der Waals surface area contributed by atoms with Gasteiger partial charge in [0, 0.05) is 37.4 Å². The van der Waals surface area contributed by atoms with Crippen molar-refractivity contribution in [1.29, 1.82) is 0 Å². The first-order valence-corrected chi connectivity index (χ1v) is 17.8. The fraction of sp³-hybridized carbons (Fsp3) is 0.543. The predicted octanol–water partition coefficient (Wildman–Crippen LogP) is 4.67. The SMILES string of the molecule is COc1cc(C)c(S(=O)(=O)N2CCC[C@H]2COc2ccnc(C(N)CCCN3CCC(c4ccccc4)(N(C)C)CC3)n2)c(C)c1. The zero-order chi connectivity index (χ0) is 32.9. The summed E-state index contributed by atoms with van der Waals surface area (Å²) in [6.45, 7) is 7.38.